The Morgan fingerprint density at radius 3 is 2.89 bits per heavy atom. The molecule has 2 heterocycles. The molecule has 1 unspecified atom stereocenters. The zero-order valence-electron chi connectivity index (χ0n) is 16.4. The standard InChI is InChI=1S/C21H27NO4S2/c1-3-5-10-26-17-9-8-15(12-18(17)24-4-2)13-19-20(23)22(21(27)28-19)14-16-7-6-11-25-16/h8-9,12-13,16H,3-7,10-11,14H2,1-2H3/b19-13-. The fraction of sp³-hybridized carbons (Fsp3) is 0.524. The van der Waals surface area contributed by atoms with Crippen LogP contribution in [0, 0.1) is 0 Å². The molecular formula is C21H27NO4S2. The van der Waals surface area contributed by atoms with Gasteiger partial charge in [0.2, 0.25) is 0 Å². The maximum atomic E-state index is 12.8. The Labute approximate surface area is 176 Å². The van der Waals surface area contributed by atoms with Crippen LogP contribution in [0.15, 0.2) is 23.1 Å². The van der Waals surface area contributed by atoms with Crippen molar-refractivity contribution in [1.29, 1.82) is 0 Å². The van der Waals surface area contributed by atoms with Gasteiger partial charge in [0.05, 0.1) is 30.8 Å². The average Bonchev–Trinajstić information content (AvgIpc) is 3.28. The number of benzene rings is 1. The van der Waals surface area contributed by atoms with E-state index >= 15 is 0 Å². The minimum Gasteiger partial charge on any atom is -0.490 e. The first kappa shape index (κ1) is 21.1. The molecule has 0 N–H and O–H groups in total. The number of amides is 1. The van der Waals surface area contributed by atoms with Crippen molar-refractivity contribution in [2.24, 2.45) is 0 Å². The summed E-state index contributed by atoms with van der Waals surface area (Å²) in [5, 5.41) is 0. The van der Waals surface area contributed by atoms with Crippen LogP contribution in [0.5, 0.6) is 11.5 Å². The van der Waals surface area contributed by atoms with Crippen LogP contribution in [-0.4, -0.2) is 47.6 Å². The highest BCUT2D eigenvalue weighted by Gasteiger charge is 2.34. The Hall–Kier alpha value is -1.57. The molecule has 1 aromatic rings. The monoisotopic (exact) mass is 421 g/mol. The van der Waals surface area contributed by atoms with Crippen LogP contribution in [0.4, 0.5) is 0 Å². The first-order valence-electron chi connectivity index (χ1n) is 9.89. The van der Waals surface area contributed by atoms with E-state index in [9.17, 15) is 4.79 Å². The number of rotatable bonds is 9. The minimum absolute atomic E-state index is 0.0493. The molecule has 1 amide bonds. The molecule has 2 aliphatic rings. The van der Waals surface area contributed by atoms with E-state index in [2.05, 4.69) is 6.92 Å². The highest BCUT2D eigenvalue weighted by molar-refractivity contribution is 8.26. The van der Waals surface area contributed by atoms with E-state index in [4.69, 9.17) is 26.4 Å². The summed E-state index contributed by atoms with van der Waals surface area (Å²) in [4.78, 5) is 15.1. The second kappa shape index (κ2) is 10.3. The van der Waals surface area contributed by atoms with Crippen molar-refractivity contribution in [3.63, 3.8) is 0 Å². The normalized spacial score (nSPS) is 21.0. The van der Waals surface area contributed by atoms with Gasteiger partial charge in [-0.3, -0.25) is 9.69 Å². The highest BCUT2D eigenvalue weighted by Crippen LogP contribution is 2.35. The van der Waals surface area contributed by atoms with Crippen molar-refractivity contribution >= 4 is 40.3 Å². The summed E-state index contributed by atoms with van der Waals surface area (Å²) in [5.41, 5.74) is 0.893. The molecule has 3 rings (SSSR count). The molecule has 5 nitrogen and oxygen atoms in total. The molecule has 2 aliphatic heterocycles. The molecule has 0 aliphatic carbocycles. The molecule has 28 heavy (non-hydrogen) atoms. The molecule has 2 saturated heterocycles. The van der Waals surface area contributed by atoms with E-state index in [-0.39, 0.29) is 12.0 Å². The Bertz CT molecular complexity index is 744. The summed E-state index contributed by atoms with van der Waals surface area (Å²) in [5.74, 6) is 1.38. The van der Waals surface area contributed by atoms with Crippen molar-refractivity contribution < 1.29 is 19.0 Å². The predicted octanol–water partition coefficient (Wildman–Crippen LogP) is 4.64. The number of thioether (sulfide) groups is 1. The molecule has 2 fully saturated rings. The van der Waals surface area contributed by atoms with Gasteiger partial charge >= 0.3 is 0 Å². The fourth-order valence-electron chi connectivity index (χ4n) is 3.13. The van der Waals surface area contributed by atoms with Crippen LogP contribution >= 0.6 is 24.0 Å². The molecule has 0 bridgehead atoms. The van der Waals surface area contributed by atoms with Crippen molar-refractivity contribution in [2.45, 2.75) is 45.6 Å². The summed E-state index contributed by atoms with van der Waals surface area (Å²) >= 11 is 6.76. The number of hydrogen-bond donors (Lipinski definition) is 0. The second-order valence-electron chi connectivity index (χ2n) is 6.77. The summed E-state index contributed by atoms with van der Waals surface area (Å²) < 4.78 is 17.8. The Balaban J connectivity index is 1.73. The largest absolute Gasteiger partial charge is 0.490 e. The lowest BCUT2D eigenvalue weighted by molar-refractivity contribution is -0.123. The highest BCUT2D eigenvalue weighted by atomic mass is 32.2. The Morgan fingerprint density at radius 1 is 1.32 bits per heavy atom. The van der Waals surface area contributed by atoms with Crippen molar-refractivity contribution in [1.82, 2.24) is 4.90 Å². The smallest absolute Gasteiger partial charge is 0.266 e. The molecule has 0 saturated carbocycles. The third-order valence-corrected chi connectivity index (χ3v) is 5.98. The van der Waals surface area contributed by atoms with Gasteiger partial charge in [-0.1, -0.05) is 43.4 Å². The molecular weight excluding hydrogens is 394 g/mol. The van der Waals surface area contributed by atoms with E-state index in [1.54, 1.807) is 4.90 Å². The van der Waals surface area contributed by atoms with Crippen molar-refractivity contribution in [3.8, 4) is 11.5 Å². The molecule has 0 spiro atoms. The summed E-state index contributed by atoms with van der Waals surface area (Å²) in [6, 6.07) is 5.76. The van der Waals surface area contributed by atoms with Crippen molar-refractivity contribution in [3.05, 3.63) is 28.7 Å². The lowest BCUT2D eigenvalue weighted by atomic mass is 10.1. The van der Waals surface area contributed by atoms with Crippen LogP contribution in [-0.2, 0) is 9.53 Å². The van der Waals surface area contributed by atoms with Gasteiger partial charge in [0.25, 0.3) is 5.91 Å². The number of unbranched alkanes of at least 4 members (excludes halogenated alkanes) is 1. The number of carbonyl (C=O) groups is 1. The van der Waals surface area contributed by atoms with E-state index in [1.807, 2.05) is 31.2 Å². The molecule has 152 valence electrons. The first-order chi connectivity index (χ1) is 13.6. The van der Waals surface area contributed by atoms with Crippen LogP contribution in [0.2, 0.25) is 0 Å². The average molecular weight is 422 g/mol. The Morgan fingerprint density at radius 2 is 2.18 bits per heavy atom. The maximum Gasteiger partial charge on any atom is 0.266 e. The van der Waals surface area contributed by atoms with E-state index in [0.717, 1.165) is 43.6 Å². The van der Waals surface area contributed by atoms with Crippen LogP contribution in [0.25, 0.3) is 6.08 Å². The van der Waals surface area contributed by atoms with E-state index < -0.39 is 0 Å². The molecule has 0 aromatic heterocycles. The van der Waals surface area contributed by atoms with Gasteiger partial charge in [-0.15, -0.1) is 0 Å². The quantitative estimate of drug-likeness (QED) is 0.329. The van der Waals surface area contributed by atoms with Crippen LogP contribution in [0.3, 0.4) is 0 Å². The van der Waals surface area contributed by atoms with Gasteiger partial charge in [0.15, 0.2) is 11.5 Å². The number of carbonyl (C=O) groups excluding carboxylic acids is 1. The van der Waals surface area contributed by atoms with Gasteiger partial charge in [0, 0.05) is 6.61 Å². The summed E-state index contributed by atoms with van der Waals surface area (Å²) in [6.45, 7) is 6.59. The number of hydrogen-bond acceptors (Lipinski definition) is 6. The van der Waals surface area contributed by atoms with Gasteiger partial charge in [-0.05, 0) is 50.0 Å². The summed E-state index contributed by atoms with van der Waals surface area (Å²) in [6.07, 6.45) is 6.06. The second-order valence-corrected chi connectivity index (χ2v) is 8.44. The van der Waals surface area contributed by atoms with Gasteiger partial charge in [0.1, 0.15) is 4.32 Å². The molecule has 0 radical (unpaired) electrons. The maximum absolute atomic E-state index is 12.8. The summed E-state index contributed by atoms with van der Waals surface area (Å²) in [7, 11) is 0. The molecule has 7 heteroatoms. The van der Waals surface area contributed by atoms with Crippen molar-refractivity contribution in [2.75, 3.05) is 26.4 Å². The molecule has 1 atom stereocenters. The first-order valence-corrected chi connectivity index (χ1v) is 11.1. The number of nitrogens with zero attached hydrogens (tertiary/aromatic N) is 1. The SMILES string of the molecule is CCCCOc1ccc(/C=C2\SC(=S)N(CC3CCCO3)C2=O)cc1OCC. The third-order valence-electron chi connectivity index (χ3n) is 4.60. The Kier molecular flexibility index (Phi) is 7.76. The van der Waals surface area contributed by atoms with Crippen LogP contribution in [0.1, 0.15) is 45.1 Å². The fourth-order valence-corrected chi connectivity index (χ4v) is 4.40. The van der Waals surface area contributed by atoms with Gasteiger partial charge < -0.3 is 14.2 Å². The molecule has 1 aromatic carbocycles. The third kappa shape index (κ3) is 5.27. The lowest BCUT2D eigenvalue weighted by Crippen LogP contribution is -2.35. The number of thiocarbonyl (C=S) groups is 1. The van der Waals surface area contributed by atoms with Gasteiger partial charge in [-0.25, -0.2) is 0 Å². The van der Waals surface area contributed by atoms with E-state index in [1.165, 1.54) is 11.8 Å². The minimum atomic E-state index is -0.0493. The number of ether oxygens (including phenoxy) is 3. The predicted molar refractivity (Wildman–Crippen MR) is 117 cm³/mol. The van der Waals surface area contributed by atoms with Gasteiger partial charge in [-0.2, -0.15) is 0 Å². The van der Waals surface area contributed by atoms with Crippen LogP contribution < -0.4 is 9.47 Å². The van der Waals surface area contributed by atoms with E-state index in [0.29, 0.717) is 34.7 Å². The zero-order chi connectivity index (χ0) is 19.9. The lowest BCUT2D eigenvalue weighted by Gasteiger charge is -2.18. The zero-order valence-corrected chi connectivity index (χ0v) is 18.1. The topological polar surface area (TPSA) is 48.0 Å².